The number of phenols is 1. The summed E-state index contributed by atoms with van der Waals surface area (Å²) in [6, 6.07) is 3.34. The Morgan fingerprint density at radius 2 is 2.31 bits per heavy atom. The van der Waals surface area contributed by atoms with Crippen LogP contribution in [0.15, 0.2) is 22.0 Å². The Kier molecular flexibility index (Phi) is 2.09. The number of thiophene rings is 1. The molecule has 0 amide bonds. The molecule has 0 bridgehead atoms. The second-order valence-corrected chi connectivity index (χ2v) is 4.34. The average Bonchev–Trinajstić information content (AvgIpc) is 2.53. The van der Waals surface area contributed by atoms with Crippen LogP contribution < -0.4 is 0 Å². The van der Waals surface area contributed by atoms with Crippen molar-refractivity contribution >= 4 is 43.6 Å². The SMILES string of the molecule is O=Cc1c(Br)cc(O)c2ccsc12. The summed E-state index contributed by atoms with van der Waals surface area (Å²) in [4.78, 5) is 10.7. The second-order valence-electron chi connectivity index (χ2n) is 2.57. The molecule has 0 fully saturated rings. The Balaban J connectivity index is 2.96. The highest BCUT2D eigenvalue weighted by Crippen LogP contribution is 2.35. The predicted molar refractivity (Wildman–Crippen MR) is 56.6 cm³/mol. The summed E-state index contributed by atoms with van der Waals surface area (Å²) in [5, 5.41) is 12.1. The molecule has 0 atom stereocenters. The van der Waals surface area contributed by atoms with E-state index in [1.54, 1.807) is 12.1 Å². The fraction of sp³-hybridized carbons (Fsp3) is 0. The summed E-state index contributed by atoms with van der Waals surface area (Å²) in [5.41, 5.74) is 0.600. The van der Waals surface area contributed by atoms with Gasteiger partial charge in [-0.05, 0) is 33.4 Å². The van der Waals surface area contributed by atoms with Gasteiger partial charge in [-0.2, -0.15) is 0 Å². The molecule has 13 heavy (non-hydrogen) atoms. The minimum absolute atomic E-state index is 0.203. The lowest BCUT2D eigenvalue weighted by atomic mass is 10.2. The first-order valence-corrected chi connectivity index (χ1v) is 5.25. The van der Waals surface area contributed by atoms with E-state index in [1.165, 1.54) is 11.3 Å². The highest BCUT2D eigenvalue weighted by Gasteiger charge is 2.10. The van der Waals surface area contributed by atoms with Crippen LogP contribution in [-0.4, -0.2) is 11.4 Å². The van der Waals surface area contributed by atoms with Gasteiger partial charge in [-0.15, -0.1) is 11.3 Å². The molecule has 4 heteroatoms. The maximum Gasteiger partial charge on any atom is 0.152 e. The zero-order valence-corrected chi connectivity index (χ0v) is 8.85. The summed E-state index contributed by atoms with van der Waals surface area (Å²) in [7, 11) is 0. The van der Waals surface area contributed by atoms with Crippen molar-refractivity contribution in [1.82, 2.24) is 0 Å². The van der Waals surface area contributed by atoms with Crippen molar-refractivity contribution in [3.63, 3.8) is 0 Å². The van der Waals surface area contributed by atoms with Gasteiger partial charge in [0.05, 0.1) is 0 Å². The van der Waals surface area contributed by atoms with E-state index in [2.05, 4.69) is 15.9 Å². The van der Waals surface area contributed by atoms with E-state index in [0.717, 1.165) is 16.4 Å². The third kappa shape index (κ3) is 1.26. The van der Waals surface area contributed by atoms with E-state index in [1.807, 2.05) is 5.38 Å². The fourth-order valence-electron chi connectivity index (χ4n) is 1.21. The zero-order chi connectivity index (χ0) is 9.42. The van der Waals surface area contributed by atoms with E-state index < -0.39 is 0 Å². The van der Waals surface area contributed by atoms with Crippen molar-refractivity contribution < 1.29 is 9.90 Å². The predicted octanol–water partition coefficient (Wildman–Crippen LogP) is 3.18. The first kappa shape index (κ1) is 8.72. The number of halogens is 1. The van der Waals surface area contributed by atoms with Crippen LogP contribution in [0.25, 0.3) is 10.1 Å². The maximum atomic E-state index is 10.7. The molecule has 0 saturated heterocycles. The third-order valence-corrected chi connectivity index (χ3v) is 3.43. The quantitative estimate of drug-likeness (QED) is 0.796. The molecule has 0 aliphatic heterocycles. The van der Waals surface area contributed by atoms with Gasteiger partial charge >= 0.3 is 0 Å². The van der Waals surface area contributed by atoms with Crippen molar-refractivity contribution in [2.24, 2.45) is 0 Å². The molecule has 0 aliphatic rings. The number of hydrogen-bond acceptors (Lipinski definition) is 3. The van der Waals surface area contributed by atoms with Gasteiger partial charge in [0.2, 0.25) is 0 Å². The Morgan fingerprint density at radius 1 is 1.54 bits per heavy atom. The summed E-state index contributed by atoms with van der Waals surface area (Å²) in [5.74, 6) is 0.203. The Hall–Kier alpha value is -0.870. The van der Waals surface area contributed by atoms with Crippen molar-refractivity contribution in [2.75, 3.05) is 0 Å². The van der Waals surface area contributed by atoms with Crippen LogP contribution in [0.5, 0.6) is 5.75 Å². The fourth-order valence-corrected chi connectivity index (χ4v) is 2.78. The van der Waals surface area contributed by atoms with Crippen LogP contribution in [0.1, 0.15) is 10.4 Å². The molecule has 1 aromatic heterocycles. The number of carbonyl (C=O) groups is 1. The minimum atomic E-state index is 0.203. The van der Waals surface area contributed by atoms with Crippen molar-refractivity contribution in [3.05, 3.63) is 27.5 Å². The summed E-state index contributed by atoms with van der Waals surface area (Å²) >= 11 is 4.67. The van der Waals surface area contributed by atoms with Crippen molar-refractivity contribution in [3.8, 4) is 5.75 Å². The number of hydrogen-bond donors (Lipinski definition) is 1. The minimum Gasteiger partial charge on any atom is -0.507 e. The molecule has 1 N–H and O–H groups in total. The van der Waals surface area contributed by atoms with E-state index in [4.69, 9.17) is 0 Å². The number of carbonyl (C=O) groups excluding carboxylic acids is 1. The Bertz CT molecular complexity index is 476. The van der Waals surface area contributed by atoms with Crippen molar-refractivity contribution in [2.45, 2.75) is 0 Å². The van der Waals surface area contributed by atoms with Gasteiger partial charge in [0, 0.05) is 20.1 Å². The molecule has 66 valence electrons. The van der Waals surface area contributed by atoms with Crippen molar-refractivity contribution in [1.29, 1.82) is 0 Å². The van der Waals surface area contributed by atoms with Gasteiger partial charge in [-0.25, -0.2) is 0 Å². The molecule has 0 spiro atoms. The van der Waals surface area contributed by atoms with Crippen LogP contribution in [0.3, 0.4) is 0 Å². The van der Waals surface area contributed by atoms with Crippen LogP contribution >= 0.6 is 27.3 Å². The van der Waals surface area contributed by atoms with Crippen LogP contribution in [0.2, 0.25) is 0 Å². The molecule has 2 nitrogen and oxygen atoms in total. The molecule has 2 rings (SSSR count). The maximum absolute atomic E-state index is 10.7. The standard InChI is InChI=1S/C9H5BrO2S/c10-7-3-8(12)5-1-2-13-9(5)6(7)4-11/h1-4,12H. The Labute approximate surface area is 86.9 Å². The van der Waals surface area contributed by atoms with Gasteiger partial charge in [-0.1, -0.05) is 0 Å². The topological polar surface area (TPSA) is 37.3 Å². The number of aldehydes is 1. The summed E-state index contributed by atoms with van der Waals surface area (Å²) in [6.45, 7) is 0. The lowest BCUT2D eigenvalue weighted by Gasteiger charge is -2.00. The average molecular weight is 257 g/mol. The van der Waals surface area contributed by atoms with Gasteiger partial charge in [0.15, 0.2) is 6.29 Å². The molecule has 2 aromatic rings. The number of benzene rings is 1. The first-order chi connectivity index (χ1) is 6.24. The monoisotopic (exact) mass is 256 g/mol. The van der Waals surface area contributed by atoms with Gasteiger partial charge in [0.1, 0.15) is 5.75 Å². The molecule has 1 heterocycles. The lowest BCUT2D eigenvalue weighted by Crippen LogP contribution is -1.82. The highest BCUT2D eigenvalue weighted by atomic mass is 79.9. The summed E-state index contributed by atoms with van der Waals surface area (Å²) in [6.07, 6.45) is 0.794. The smallest absolute Gasteiger partial charge is 0.152 e. The Morgan fingerprint density at radius 3 is 3.00 bits per heavy atom. The third-order valence-electron chi connectivity index (χ3n) is 1.82. The van der Waals surface area contributed by atoms with E-state index in [-0.39, 0.29) is 5.75 Å². The van der Waals surface area contributed by atoms with E-state index in [9.17, 15) is 9.90 Å². The number of aromatic hydroxyl groups is 1. The lowest BCUT2D eigenvalue weighted by molar-refractivity contribution is 0.112. The van der Waals surface area contributed by atoms with Crippen LogP contribution in [0, 0.1) is 0 Å². The molecule has 0 saturated carbocycles. The van der Waals surface area contributed by atoms with E-state index >= 15 is 0 Å². The number of phenolic OH excluding ortho intramolecular Hbond substituents is 1. The van der Waals surface area contributed by atoms with Crippen LogP contribution in [-0.2, 0) is 0 Å². The highest BCUT2D eigenvalue weighted by molar-refractivity contribution is 9.10. The first-order valence-electron chi connectivity index (χ1n) is 3.58. The largest absolute Gasteiger partial charge is 0.507 e. The molecular weight excluding hydrogens is 252 g/mol. The second kappa shape index (κ2) is 3.12. The summed E-state index contributed by atoms with van der Waals surface area (Å²) < 4.78 is 1.46. The molecular formula is C9H5BrO2S. The van der Waals surface area contributed by atoms with Gasteiger partial charge in [-0.3, -0.25) is 4.79 Å². The number of fused-ring (bicyclic) bond motifs is 1. The van der Waals surface area contributed by atoms with Crippen LogP contribution in [0.4, 0.5) is 0 Å². The molecule has 0 unspecified atom stereocenters. The normalized spacial score (nSPS) is 10.5. The molecule has 1 aromatic carbocycles. The molecule has 0 aliphatic carbocycles. The van der Waals surface area contributed by atoms with Gasteiger partial charge < -0.3 is 5.11 Å². The number of rotatable bonds is 1. The zero-order valence-electron chi connectivity index (χ0n) is 6.45. The molecule has 0 radical (unpaired) electrons. The van der Waals surface area contributed by atoms with Gasteiger partial charge in [0.25, 0.3) is 0 Å². The van der Waals surface area contributed by atoms with E-state index in [0.29, 0.717) is 10.0 Å².